The molecule has 1 atom stereocenters. The Morgan fingerprint density at radius 2 is 1.89 bits per heavy atom. The first-order valence-corrected chi connectivity index (χ1v) is 6.58. The molecular formula is C16H17NO2. The summed E-state index contributed by atoms with van der Waals surface area (Å²) < 4.78 is 11.5. The molecule has 1 aliphatic heterocycles. The van der Waals surface area contributed by atoms with E-state index in [0.717, 1.165) is 42.3 Å². The van der Waals surface area contributed by atoms with Crippen molar-refractivity contribution in [3.63, 3.8) is 0 Å². The van der Waals surface area contributed by atoms with Crippen LogP contribution in [-0.2, 0) is 0 Å². The third kappa shape index (κ3) is 2.71. The van der Waals surface area contributed by atoms with Gasteiger partial charge < -0.3 is 15.2 Å². The first-order valence-electron chi connectivity index (χ1n) is 6.58. The molecule has 1 aliphatic rings. The van der Waals surface area contributed by atoms with Crippen LogP contribution in [0.1, 0.15) is 24.4 Å². The second-order valence-electron chi connectivity index (χ2n) is 4.71. The Bertz CT molecular complexity index is 554. The normalized spacial score (nSPS) is 18.1. The van der Waals surface area contributed by atoms with E-state index in [-0.39, 0.29) is 6.04 Å². The molecule has 0 radical (unpaired) electrons. The molecule has 3 nitrogen and oxygen atoms in total. The molecule has 2 aromatic carbocycles. The molecule has 1 heterocycles. The largest absolute Gasteiger partial charge is 0.493 e. The monoisotopic (exact) mass is 255 g/mol. The molecule has 0 spiro atoms. The van der Waals surface area contributed by atoms with Gasteiger partial charge in [0.1, 0.15) is 17.2 Å². The van der Waals surface area contributed by atoms with Crippen LogP contribution in [0, 0.1) is 0 Å². The number of hydrogen-bond donors (Lipinski definition) is 1. The van der Waals surface area contributed by atoms with Gasteiger partial charge >= 0.3 is 0 Å². The van der Waals surface area contributed by atoms with Crippen LogP contribution in [0.25, 0.3) is 0 Å². The van der Waals surface area contributed by atoms with Crippen molar-refractivity contribution in [2.75, 3.05) is 6.61 Å². The standard InChI is InChI=1S/C16H17NO2/c17-15-7-4-10-18-16-9-8-13(11-14(15)16)19-12-5-2-1-3-6-12/h1-3,5-6,8-9,11,15H,4,7,10,17H2/t15-/m0/s1. The molecule has 98 valence electrons. The molecule has 0 fully saturated rings. The van der Waals surface area contributed by atoms with Crippen LogP contribution in [-0.4, -0.2) is 6.61 Å². The Morgan fingerprint density at radius 1 is 1.05 bits per heavy atom. The van der Waals surface area contributed by atoms with Gasteiger partial charge in [0.05, 0.1) is 6.61 Å². The van der Waals surface area contributed by atoms with Gasteiger partial charge in [0.2, 0.25) is 0 Å². The Kier molecular flexibility index (Phi) is 3.38. The van der Waals surface area contributed by atoms with Crippen molar-refractivity contribution in [1.29, 1.82) is 0 Å². The zero-order chi connectivity index (χ0) is 13.1. The smallest absolute Gasteiger partial charge is 0.128 e. The van der Waals surface area contributed by atoms with Crippen molar-refractivity contribution in [2.24, 2.45) is 5.73 Å². The number of ether oxygens (including phenoxy) is 2. The van der Waals surface area contributed by atoms with Crippen LogP contribution in [0.15, 0.2) is 48.5 Å². The lowest BCUT2D eigenvalue weighted by Gasteiger charge is -2.14. The summed E-state index contributed by atoms with van der Waals surface area (Å²) in [5.74, 6) is 2.50. The van der Waals surface area contributed by atoms with Crippen molar-refractivity contribution in [1.82, 2.24) is 0 Å². The summed E-state index contributed by atoms with van der Waals surface area (Å²) in [6.07, 6.45) is 1.94. The number of para-hydroxylation sites is 1. The highest BCUT2D eigenvalue weighted by molar-refractivity contribution is 5.44. The maximum Gasteiger partial charge on any atom is 0.128 e. The molecule has 0 unspecified atom stereocenters. The van der Waals surface area contributed by atoms with Crippen LogP contribution >= 0.6 is 0 Å². The summed E-state index contributed by atoms with van der Waals surface area (Å²) in [7, 11) is 0. The van der Waals surface area contributed by atoms with E-state index in [2.05, 4.69) is 0 Å². The van der Waals surface area contributed by atoms with Gasteiger partial charge in [-0.3, -0.25) is 0 Å². The zero-order valence-corrected chi connectivity index (χ0v) is 10.7. The molecule has 3 heteroatoms. The molecule has 2 aromatic rings. The molecule has 0 saturated carbocycles. The predicted octanol–water partition coefficient (Wildman–Crippen LogP) is 3.65. The van der Waals surface area contributed by atoms with Gasteiger partial charge in [-0.1, -0.05) is 18.2 Å². The average Bonchev–Trinajstić information content (AvgIpc) is 2.62. The van der Waals surface area contributed by atoms with E-state index in [1.807, 2.05) is 48.5 Å². The van der Waals surface area contributed by atoms with E-state index in [1.54, 1.807) is 0 Å². The van der Waals surface area contributed by atoms with Gasteiger partial charge in [0, 0.05) is 11.6 Å². The summed E-state index contributed by atoms with van der Waals surface area (Å²) in [6, 6.07) is 15.6. The first-order chi connectivity index (χ1) is 9.33. The van der Waals surface area contributed by atoms with Gasteiger partial charge in [-0.2, -0.15) is 0 Å². The lowest BCUT2D eigenvalue weighted by Crippen LogP contribution is -2.09. The third-order valence-corrected chi connectivity index (χ3v) is 3.28. The minimum atomic E-state index is 0.0248. The summed E-state index contributed by atoms with van der Waals surface area (Å²) in [5, 5.41) is 0. The average molecular weight is 255 g/mol. The van der Waals surface area contributed by atoms with E-state index < -0.39 is 0 Å². The number of nitrogens with two attached hydrogens (primary N) is 1. The molecule has 0 amide bonds. The number of benzene rings is 2. The minimum absolute atomic E-state index is 0.0248. The maximum absolute atomic E-state index is 6.17. The molecule has 2 N–H and O–H groups in total. The Hall–Kier alpha value is -2.00. The number of fused-ring (bicyclic) bond motifs is 1. The third-order valence-electron chi connectivity index (χ3n) is 3.28. The van der Waals surface area contributed by atoms with E-state index in [9.17, 15) is 0 Å². The highest BCUT2D eigenvalue weighted by atomic mass is 16.5. The summed E-state index contributed by atoms with van der Waals surface area (Å²) in [4.78, 5) is 0. The van der Waals surface area contributed by atoms with E-state index >= 15 is 0 Å². The highest BCUT2D eigenvalue weighted by Gasteiger charge is 2.17. The first kappa shape index (κ1) is 12.1. The second-order valence-corrected chi connectivity index (χ2v) is 4.71. The van der Waals surface area contributed by atoms with Crippen molar-refractivity contribution >= 4 is 0 Å². The van der Waals surface area contributed by atoms with Crippen LogP contribution in [0.4, 0.5) is 0 Å². The minimum Gasteiger partial charge on any atom is -0.493 e. The van der Waals surface area contributed by atoms with E-state index in [1.165, 1.54) is 0 Å². The Morgan fingerprint density at radius 3 is 2.74 bits per heavy atom. The maximum atomic E-state index is 6.17. The number of rotatable bonds is 2. The van der Waals surface area contributed by atoms with Gasteiger partial charge in [-0.15, -0.1) is 0 Å². The molecule has 19 heavy (non-hydrogen) atoms. The zero-order valence-electron chi connectivity index (χ0n) is 10.7. The molecule has 0 bridgehead atoms. The Balaban J connectivity index is 1.88. The fraction of sp³-hybridized carbons (Fsp3) is 0.250. The van der Waals surface area contributed by atoms with Crippen LogP contribution in [0.5, 0.6) is 17.2 Å². The van der Waals surface area contributed by atoms with Gasteiger partial charge in [-0.05, 0) is 43.2 Å². The number of hydrogen-bond acceptors (Lipinski definition) is 3. The highest BCUT2D eigenvalue weighted by Crippen LogP contribution is 2.34. The van der Waals surface area contributed by atoms with Crippen LogP contribution < -0.4 is 15.2 Å². The quantitative estimate of drug-likeness (QED) is 0.890. The van der Waals surface area contributed by atoms with E-state index in [4.69, 9.17) is 15.2 Å². The second kappa shape index (κ2) is 5.33. The summed E-state index contributed by atoms with van der Waals surface area (Å²) >= 11 is 0. The predicted molar refractivity (Wildman–Crippen MR) is 74.6 cm³/mol. The molecular weight excluding hydrogens is 238 g/mol. The molecule has 0 saturated heterocycles. The van der Waals surface area contributed by atoms with Gasteiger partial charge in [-0.25, -0.2) is 0 Å². The SMILES string of the molecule is N[C@H]1CCCOc2ccc(Oc3ccccc3)cc21. The topological polar surface area (TPSA) is 44.5 Å². The van der Waals surface area contributed by atoms with Crippen molar-refractivity contribution in [2.45, 2.75) is 18.9 Å². The summed E-state index contributed by atoms with van der Waals surface area (Å²) in [6.45, 7) is 0.736. The fourth-order valence-corrected chi connectivity index (χ4v) is 2.28. The van der Waals surface area contributed by atoms with Gasteiger partial charge in [0.15, 0.2) is 0 Å². The van der Waals surface area contributed by atoms with Crippen molar-refractivity contribution in [3.8, 4) is 17.2 Å². The molecule has 0 aromatic heterocycles. The van der Waals surface area contributed by atoms with Gasteiger partial charge in [0.25, 0.3) is 0 Å². The molecule has 0 aliphatic carbocycles. The Labute approximate surface area is 113 Å². The van der Waals surface area contributed by atoms with Crippen molar-refractivity contribution < 1.29 is 9.47 Å². The fourth-order valence-electron chi connectivity index (χ4n) is 2.28. The summed E-state index contributed by atoms with van der Waals surface area (Å²) in [5.41, 5.74) is 7.21. The molecule has 3 rings (SSSR count). The lowest BCUT2D eigenvalue weighted by molar-refractivity contribution is 0.316. The van der Waals surface area contributed by atoms with E-state index in [0.29, 0.717) is 0 Å². The van der Waals surface area contributed by atoms with Crippen LogP contribution in [0.3, 0.4) is 0 Å². The van der Waals surface area contributed by atoms with Crippen molar-refractivity contribution in [3.05, 3.63) is 54.1 Å². The van der Waals surface area contributed by atoms with Crippen LogP contribution in [0.2, 0.25) is 0 Å². The lowest BCUT2D eigenvalue weighted by atomic mass is 10.0.